The van der Waals surface area contributed by atoms with Gasteiger partial charge in [0, 0.05) is 11.8 Å². The highest BCUT2D eigenvalue weighted by atomic mass is 19.4. The summed E-state index contributed by atoms with van der Waals surface area (Å²) in [5.74, 6) is -0.102. The molecule has 1 aliphatic carbocycles. The highest BCUT2D eigenvalue weighted by molar-refractivity contribution is 6.03. The molecule has 0 radical (unpaired) electrons. The van der Waals surface area contributed by atoms with Crippen molar-refractivity contribution in [2.24, 2.45) is 5.92 Å². The van der Waals surface area contributed by atoms with Crippen LogP contribution < -0.4 is 10.6 Å². The molecule has 0 saturated heterocycles. The molecule has 3 aromatic carbocycles. The van der Waals surface area contributed by atoms with Gasteiger partial charge in [-0.3, -0.25) is 4.79 Å². The lowest BCUT2D eigenvalue weighted by atomic mass is 9.93. The number of hydrogen-bond acceptors (Lipinski definition) is 4. The number of nitrogens with zero attached hydrogens (tertiary/aromatic N) is 3. The molecule has 0 spiro atoms. The van der Waals surface area contributed by atoms with E-state index in [2.05, 4.69) is 40.9 Å². The molecule has 1 unspecified atom stereocenters. The van der Waals surface area contributed by atoms with Crippen LogP contribution in [0.4, 0.5) is 18.9 Å². The second kappa shape index (κ2) is 11.0. The molecule has 1 aliphatic rings. The van der Waals surface area contributed by atoms with Crippen LogP contribution in [-0.4, -0.2) is 22.2 Å². The van der Waals surface area contributed by atoms with Crippen LogP contribution in [0.5, 0.6) is 0 Å². The van der Waals surface area contributed by atoms with Gasteiger partial charge in [0.2, 0.25) is 0 Å². The lowest BCUT2D eigenvalue weighted by molar-refractivity contribution is -0.141. The van der Waals surface area contributed by atoms with Crippen molar-refractivity contribution in [3.63, 3.8) is 0 Å². The van der Waals surface area contributed by atoms with Crippen molar-refractivity contribution in [1.29, 1.82) is 5.26 Å². The standard InChI is InChI=1S/C31H28F3N5O/c1-19-9-12-26(20(2)13-19)29(36-18-21-10-11-21)23-6-4-7-24(15-23)37-30(40)27-16-28(31(32,33)34)38-39(27)25-8-3-5-22(14-25)17-35/h3-9,12-16,21,29,36H,10-11,18H2,1-2H3,(H,37,40). The minimum Gasteiger partial charge on any atom is -0.321 e. The molecule has 0 aliphatic heterocycles. The highest BCUT2D eigenvalue weighted by Gasteiger charge is 2.36. The minimum atomic E-state index is -4.75. The SMILES string of the molecule is Cc1ccc(C(NCC2CC2)c2cccc(NC(=O)c3cc(C(F)(F)F)nn3-c3cccc(C#N)c3)c2)c(C)c1. The number of alkyl halides is 3. The van der Waals surface area contributed by atoms with Crippen molar-refractivity contribution in [3.8, 4) is 11.8 Å². The number of rotatable bonds is 8. The van der Waals surface area contributed by atoms with Crippen molar-refractivity contribution < 1.29 is 18.0 Å². The summed E-state index contributed by atoms with van der Waals surface area (Å²) in [7, 11) is 0. The van der Waals surface area contributed by atoms with E-state index in [0.29, 0.717) is 17.7 Å². The second-order valence-electron chi connectivity index (χ2n) is 10.2. The van der Waals surface area contributed by atoms with Crippen LogP contribution in [0.1, 0.15) is 62.9 Å². The lowest BCUT2D eigenvalue weighted by Crippen LogP contribution is -2.25. The lowest BCUT2D eigenvalue weighted by Gasteiger charge is -2.23. The zero-order valence-electron chi connectivity index (χ0n) is 22.1. The Kier molecular flexibility index (Phi) is 7.46. The summed E-state index contributed by atoms with van der Waals surface area (Å²) >= 11 is 0. The Morgan fingerprint density at radius 3 is 2.55 bits per heavy atom. The number of aromatic nitrogens is 2. The van der Waals surface area contributed by atoms with E-state index in [0.717, 1.165) is 27.9 Å². The van der Waals surface area contributed by atoms with Crippen LogP contribution in [0, 0.1) is 31.1 Å². The number of nitrogens with one attached hydrogen (secondary N) is 2. The summed E-state index contributed by atoms with van der Waals surface area (Å²) < 4.78 is 41.6. The van der Waals surface area contributed by atoms with Crippen molar-refractivity contribution >= 4 is 11.6 Å². The summed E-state index contributed by atoms with van der Waals surface area (Å²) in [5, 5.41) is 19.3. The third kappa shape index (κ3) is 6.08. The first kappa shape index (κ1) is 27.2. The number of hydrogen-bond donors (Lipinski definition) is 2. The number of aryl methyl sites for hydroxylation is 2. The fraction of sp³-hybridized carbons (Fsp3) is 0.258. The molecular weight excluding hydrogens is 515 g/mol. The van der Waals surface area contributed by atoms with Crippen LogP contribution >= 0.6 is 0 Å². The largest absolute Gasteiger partial charge is 0.435 e. The summed E-state index contributed by atoms with van der Waals surface area (Å²) in [6.45, 7) is 4.99. The second-order valence-corrected chi connectivity index (χ2v) is 10.2. The molecular formula is C31H28F3N5O. The third-order valence-corrected chi connectivity index (χ3v) is 6.97. The zero-order valence-corrected chi connectivity index (χ0v) is 22.1. The molecule has 1 heterocycles. The van der Waals surface area contributed by atoms with E-state index in [-0.39, 0.29) is 23.0 Å². The Balaban J connectivity index is 1.47. The first-order chi connectivity index (χ1) is 19.1. The average molecular weight is 544 g/mol. The zero-order chi connectivity index (χ0) is 28.4. The maximum absolute atomic E-state index is 13.6. The minimum absolute atomic E-state index is 0.117. The van der Waals surface area contributed by atoms with Gasteiger partial charge in [-0.2, -0.15) is 23.5 Å². The predicted molar refractivity (Wildman–Crippen MR) is 146 cm³/mol. The summed E-state index contributed by atoms with van der Waals surface area (Å²) in [6.07, 6.45) is -2.35. The number of anilines is 1. The van der Waals surface area contributed by atoms with Crippen molar-refractivity contribution in [1.82, 2.24) is 15.1 Å². The van der Waals surface area contributed by atoms with Crippen LogP contribution in [0.25, 0.3) is 5.69 Å². The maximum atomic E-state index is 13.6. The molecule has 40 heavy (non-hydrogen) atoms. The quantitative estimate of drug-likeness (QED) is 0.258. The number of amides is 1. The van der Waals surface area contributed by atoms with E-state index in [1.165, 1.54) is 42.7 Å². The van der Waals surface area contributed by atoms with Crippen LogP contribution in [0.2, 0.25) is 0 Å². The van der Waals surface area contributed by atoms with Gasteiger partial charge in [0.15, 0.2) is 5.69 Å². The first-order valence-electron chi connectivity index (χ1n) is 13.0. The number of carbonyl (C=O) groups excluding carboxylic acids is 1. The number of halogens is 3. The van der Waals surface area contributed by atoms with E-state index in [4.69, 9.17) is 0 Å². The van der Waals surface area contributed by atoms with E-state index in [1.807, 2.05) is 31.2 Å². The van der Waals surface area contributed by atoms with Gasteiger partial charge in [0.1, 0.15) is 5.69 Å². The number of nitriles is 1. The molecule has 0 bridgehead atoms. The average Bonchev–Trinajstić information content (AvgIpc) is 3.63. The van der Waals surface area contributed by atoms with Gasteiger partial charge in [-0.25, -0.2) is 4.68 Å². The molecule has 1 amide bonds. The molecule has 2 N–H and O–H groups in total. The Labute approximate surface area is 230 Å². The molecule has 9 heteroatoms. The topological polar surface area (TPSA) is 82.7 Å². The Bertz CT molecular complexity index is 1600. The van der Waals surface area contributed by atoms with Gasteiger partial charge in [-0.15, -0.1) is 0 Å². The van der Waals surface area contributed by atoms with Gasteiger partial charge < -0.3 is 10.6 Å². The molecule has 1 aromatic heterocycles. The maximum Gasteiger partial charge on any atom is 0.435 e. The fourth-order valence-electron chi connectivity index (χ4n) is 4.74. The van der Waals surface area contributed by atoms with Crippen LogP contribution in [0.15, 0.2) is 72.8 Å². The van der Waals surface area contributed by atoms with E-state index in [1.54, 1.807) is 6.07 Å². The van der Waals surface area contributed by atoms with E-state index in [9.17, 15) is 23.2 Å². The molecule has 204 valence electrons. The van der Waals surface area contributed by atoms with E-state index < -0.39 is 17.8 Å². The molecule has 1 atom stereocenters. The summed E-state index contributed by atoms with van der Waals surface area (Å²) in [4.78, 5) is 13.3. The van der Waals surface area contributed by atoms with Gasteiger partial charge in [0.25, 0.3) is 5.91 Å². The summed E-state index contributed by atoms with van der Waals surface area (Å²) in [6, 6.07) is 22.1. The van der Waals surface area contributed by atoms with Gasteiger partial charge >= 0.3 is 6.18 Å². The molecule has 1 saturated carbocycles. The smallest absolute Gasteiger partial charge is 0.321 e. The normalized spacial score (nSPS) is 14.0. The van der Waals surface area contributed by atoms with Crippen LogP contribution in [0.3, 0.4) is 0 Å². The monoisotopic (exact) mass is 543 g/mol. The summed E-state index contributed by atoms with van der Waals surface area (Å²) in [5.41, 5.74) is 3.71. The first-order valence-corrected chi connectivity index (χ1v) is 13.0. The molecule has 6 nitrogen and oxygen atoms in total. The fourth-order valence-corrected chi connectivity index (χ4v) is 4.74. The van der Waals surface area contributed by atoms with E-state index >= 15 is 0 Å². The molecule has 4 aromatic rings. The third-order valence-electron chi connectivity index (χ3n) is 6.97. The molecule has 5 rings (SSSR count). The number of carbonyl (C=O) groups is 1. The highest BCUT2D eigenvalue weighted by Crippen LogP contribution is 2.33. The Morgan fingerprint density at radius 2 is 1.85 bits per heavy atom. The van der Waals surface area contributed by atoms with Gasteiger partial charge in [-0.1, -0.05) is 42.0 Å². The van der Waals surface area contributed by atoms with Crippen molar-refractivity contribution in [2.45, 2.75) is 38.9 Å². The van der Waals surface area contributed by atoms with Gasteiger partial charge in [-0.05, 0) is 86.2 Å². The predicted octanol–water partition coefficient (Wildman–Crippen LogP) is 6.72. The van der Waals surface area contributed by atoms with Crippen molar-refractivity contribution in [2.75, 3.05) is 11.9 Å². The molecule has 1 fully saturated rings. The van der Waals surface area contributed by atoms with Gasteiger partial charge in [0.05, 0.1) is 23.4 Å². The van der Waals surface area contributed by atoms with Crippen LogP contribution in [-0.2, 0) is 6.18 Å². The number of benzene rings is 3. The Hall–Kier alpha value is -4.42. The van der Waals surface area contributed by atoms with Crippen molar-refractivity contribution in [3.05, 3.63) is 112 Å². The Morgan fingerprint density at radius 1 is 1.07 bits per heavy atom.